The van der Waals surface area contributed by atoms with Crippen LogP contribution in [-0.4, -0.2) is 54.0 Å². The molecule has 158 valence electrons. The summed E-state index contributed by atoms with van der Waals surface area (Å²) in [5.74, 6) is 0.342. The Kier molecular flexibility index (Phi) is 5.83. The lowest BCUT2D eigenvalue weighted by Crippen LogP contribution is -2.49. The van der Waals surface area contributed by atoms with Gasteiger partial charge in [-0.25, -0.2) is 4.39 Å². The van der Waals surface area contributed by atoms with Gasteiger partial charge in [-0.2, -0.15) is 5.26 Å². The molecule has 0 N–H and O–H groups in total. The van der Waals surface area contributed by atoms with E-state index in [1.165, 1.54) is 12.1 Å². The summed E-state index contributed by atoms with van der Waals surface area (Å²) in [6, 6.07) is 15.3. The molecule has 1 aliphatic heterocycles. The van der Waals surface area contributed by atoms with Crippen molar-refractivity contribution < 1.29 is 13.9 Å². The Balaban J connectivity index is 1.48. The highest BCUT2D eigenvalue weighted by Crippen LogP contribution is 2.25. The zero-order valence-corrected chi connectivity index (χ0v) is 17.5. The van der Waals surface area contributed by atoms with Crippen LogP contribution < -0.4 is 4.74 Å². The minimum Gasteiger partial charge on any atom is -0.497 e. The first-order chi connectivity index (χ1) is 15.0. The molecule has 1 amide bonds. The molecule has 6 nitrogen and oxygen atoms in total. The Labute approximate surface area is 180 Å². The fourth-order valence-corrected chi connectivity index (χ4v) is 3.95. The van der Waals surface area contributed by atoms with Crippen LogP contribution in [0.15, 0.2) is 48.5 Å². The number of fused-ring (bicyclic) bond motifs is 1. The number of rotatable bonds is 4. The quantitative estimate of drug-likeness (QED) is 0.646. The molecule has 7 heteroatoms. The molecular formula is C24H23FN4O2. The van der Waals surface area contributed by atoms with E-state index < -0.39 is 6.04 Å². The van der Waals surface area contributed by atoms with E-state index in [0.29, 0.717) is 37.4 Å². The van der Waals surface area contributed by atoms with Crippen molar-refractivity contribution in [3.63, 3.8) is 0 Å². The zero-order chi connectivity index (χ0) is 22.0. The van der Waals surface area contributed by atoms with Gasteiger partial charge in [0.25, 0.3) is 5.91 Å². The molecule has 1 atom stereocenters. The molecule has 2 heterocycles. The number of ether oxygens (including phenoxy) is 1. The number of pyridine rings is 1. The maximum atomic E-state index is 13.2. The van der Waals surface area contributed by atoms with Crippen molar-refractivity contribution in [3.05, 3.63) is 71.2 Å². The molecule has 0 aliphatic carbocycles. The number of amides is 1. The molecule has 1 aliphatic rings. The predicted molar refractivity (Wildman–Crippen MR) is 115 cm³/mol. The van der Waals surface area contributed by atoms with E-state index in [2.05, 4.69) is 11.1 Å². The SMILES string of the molecule is COc1ccc2cc(C(=O)N3CCN([C@@H](C#N)c4ccc(F)cc4)CC3)c(C)nc2c1. The third-order valence-electron chi connectivity index (χ3n) is 5.72. The second-order valence-corrected chi connectivity index (χ2v) is 7.59. The van der Waals surface area contributed by atoms with E-state index in [1.807, 2.05) is 36.1 Å². The number of nitriles is 1. The number of piperazine rings is 1. The molecule has 1 fully saturated rings. The van der Waals surface area contributed by atoms with Gasteiger partial charge in [-0.15, -0.1) is 0 Å². The predicted octanol–water partition coefficient (Wildman–Crippen LogP) is 3.71. The average Bonchev–Trinajstić information content (AvgIpc) is 2.80. The van der Waals surface area contributed by atoms with E-state index in [-0.39, 0.29) is 11.7 Å². The maximum absolute atomic E-state index is 13.2. The summed E-state index contributed by atoms with van der Waals surface area (Å²) < 4.78 is 18.5. The Morgan fingerprint density at radius 1 is 1.13 bits per heavy atom. The minimum atomic E-state index is -0.461. The molecule has 31 heavy (non-hydrogen) atoms. The van der Waals surface area contributed by atoms with Crippen molar-refractivity contribution in [2.45, 2.75) is 13.0 Å². The monoisotopic (exact) mass is 418 g/mol. The van der Waals surface area contributed by atoms with E-state index in [0.717, 1.165) is 22.2 Å². The summed E-state index contributed by atoms with van der Waals surface area (Å²) >= 11 is 0. The van der Waals surface area contributed by atoms with E-state index in [4.69, 9.17) is 4.74 Å². The van der Waals surface area contributed by atoms with Gasteiger partial charge in [0.1, 0.15) is 17.6 Å². The Morgan fingerprint density at radius 2 is 1.84 bits per heavy atom. The highest BCUT2D eigenvalue weighted by molar-refractivity contribution is 5.98. The molecule has 2 aromatic carbocycles. The van der Waals surface area contributed by atoms with Gasteiger partial charge in [-0.1, -0.05) is 12.1 Å². The second kappa shape index (κ2) is 8.70. The van der Waals surface area contributed by atoms with Gasteiger partial charge < -0.3 is 9.64 Å². The average molecular weight is 418 g/mol. The first-order valence-corrected chi connectivity index (χ1v) is 10.1. The van der Waals surface area contributed by atoms with Crippen molar-refractivity contribution >= 4 is 16.8 Å². The zero-order valence-electron chi connectivity index (χ0n) is 17.5. The topological polar surface area (TPSA) is 69.5 Å². The molecule has 0 bridgehead atoms. The number of aromatic nitrogens is 1. The van der Waals surface area contributed by atoms with Crippen molar-refractivity contribution in [2.24, 2.45) is 0 Å². The number of halogens is 1. The molecule has 1 saturated heterocycles. The molecule has 1 aromatic heterocycles. The van der Waals surface area contributed by atoms with Crippen LogP contribution in [0.25, 0.3) is 10.9 Å². The van der Waals surface area contributed by atoms with Crippen molar-refractivity contribution in [1.82, 2.24) is 14.8 Å². The molecule has 3 aromatic rings. The van der Waals surface area contributed by atoms with Crippen LogP contribution in [-0.2, 0) is 0 Å². The Bertz CT molecular complexity index is 1150. The van der Waals surface area contributed by atoms with Crippen LogP contribution in [0.3, 0.4) is 0 Å². The summed E-state index contributed by atoms with van der Waals surface area (Å²) in [6.45, 7) is 4.00. The molecule has 0 saturated carbocycles. The lowest BCUT2D eigenvalue weighted by atomic mass is 10.0. The van der Waals surface area contributed by atoms with Gasteiger partial charge in [0, 0.05) is 37.6 Å². The summed E-state index contributed by atoms with van der Waals surface area (Å²) in [5.41, 5.74) is 2.80. The summed E-state index contributed by atoms with van der Waals surface area (Å²) in [5, 5.41) is 10.5. The van der Waals surface area contributed by atoms with Gasteiger partial charge in [-0.05, 0) is 42.8 Å². The van der Waals surface area contributed by atoms with Crippen LogP contribution >= 0.6 is 0 Å². The van der Waals surface area contributed by atoms with Crippen LogP contribution in [0.2, 0.25) is 0 Å². The number of carbonyl (C=O) groups is 1. The van der Waals surface area contributed by atoms with Gasteiger partial charge in [0.05, 0.1) is 30.0 Å². The number of aryl methyl sites for hydroxylation is 1. The van der Waals surface area contributed by atoms with Crippen molar-refractivity contribution in [2.75, 3.05) is 33.3 Å². The van der Waals surface area contributed by atoms with Gasteiger partial charge in [0.15, 0.2) is 0 Å². The van der Waals surface area contributed by atoms with Crippen molar-refractivity contribution in [1.29, 1.82) is 5.26 Å². The van der Waals surface area contributed by atoms with E-state index in [1.54, 1.807) is 24.1 Å². The smallest absolute Gasteiger partial charge is 0.255 e. The molecule has 0 spiro atoms. The lowest BCUT2D eigenvalue weighted by Gasteiger charge is -2.37. The minimum absolute atomic E-state index is 0.0577. The van der Waals surface area contributed by atoms with Crippen LogP contribution in [0.5, 0.6) is 5.75 Å². The molecule has 0 radical (unpaired) electrons. The largest absolute Gasteiger partial charge is 0.497 e. The Morgan fingerprint density at radius 3 is 2.48 bits per heavy atom. The molecular weight excluding hydrogens is 395 g/mol. The normalized spacial score (nSPS) is 15.5. The standard InChI is InChI=1S/C24H23FN4O2/c1-16-21(13-18-5-8-20(31-2)14-22(18)27-16)24(30)29-11-9-28(10-12-29)23(15-26)17-3-6-19(25)7-4-17/h3-8,13-14,23H,9-12H2,1-2H3/t23-/m0/s1. The summed E-state index contributed by atoms with van der Waals surface area (Å²) in [7, 11) is 1.61. The number of carbonyl (C=O) groups excluding carboxylic acids is 1. The number of hydrogen-bond donors (Lipinski definition) is 0. The third-order valence-corrected chi connectivity index (χ3v) is 5.72. The van der Waals surface area contributed by atoms with Gasteiger partial charge in [-0.3, -0.25) is 14.7 Å². The fourth-order valence-electron chi connectivity index (χ4n) is 3.95. The highest BCUT2D eigenvalue weighted by atomic mass is 19.1. The van der Waals surface area contributed by atoms with Crippen LogP contribution in [0, 0.1) is 24.1 Å². The number of nitrogens with zero attached hydrogens (tertiary/aromatic N) is 4. The lowest BCUT2D eigenvalue weighted by molar-refractivity contribution is 0.0605. The van der Waals surface area contributed by atoms with E-state index in [9.17, 15) is 14.4 Å². The molecule has 4 rings (SSSR count). The number of benzene rings is 2. The van der Waals surface area contributed by atoms with Crippen molar-refractivity contribution in [3.8, 4) is 11.8 Å². The molecule has 0 unspecified atom stereocenters. The first-order valence-electron chi connectivity index (χ1n) is 10.1. The van der Waals surface area contributed by atoms with Crippen LogP contribution in [0.1, 0.15) is 27.7 Å². The summed E-state index contributed by atoms with van der Waals surface area (Å²) in [4.78, 5) is 21.6. The van der Waals surface area contributed by atoms with Gasteiger partial charge >= 0.3 is 0 Å². The Hall–Kier alpha value is -3.50. The maximum Gasteiger partial charge on any atom is 0.255 e. The second-order valence-electron chi connectivity index (χ2n) is 7.59. The third kappa shape index (κ3) is 4.21. The van der Waals surface area contributed by atoms with Crippen LogP contribution in [0.4, 0.5) is 4.39 Å². The number of hydrogen-bond acceptors (Lipinski definition) is 5. The number of methoxy groups -OCH3 is 1. The van der Waals surface area contributed by atoms with E-state index >= 15 is 0 Å². The fraction of sp³-hybridized carbons (Fsp3) is 0.292. The summed E-state index contributed by atoms with van der Waals surface area (Å²) in [6.07, 6.45) is 0. The van der Waals surface area contributed by atoms with Gasteiger partial charge in [0.2, 0.25) is 0 Å². The highest BCUT2D eigenvalue weighted by Gasteiger charge is 2.28. The first kappa shape index (κ1) is 20.8.